The van der Waals surface area contributed by atoms with Crippen molar-refractivity contribution in [2.45, 2.75) is 38.6 Å². The Balaban J connectivity index is 1.75. The first-order valence-electron chi connectivity index (χ1n) is 5.42. The van der Waals surface area contributed by atoms with E-state index in [0.29, 0.717) is 0 Å². The highest BCUT2D eigenvalue weighted by atomic mass is 14.9. The maximum Gasteiger partial charge on any atom is 0.0924 e. The van der Waals surface area contributed by atoms with Crippen molar-refractivity contribution in [1.29, 1.82) is 5.26 Å². The third kappa shape index (κ3) is 1.86. The first-order valence-corrected chi connectivity index (χ1v) is 5.42. The summed E-state index contributed by atoms with van der Waals surface area (Å²) in [6.45, 7) is 3.00. The van der Waals surface area contributed by atoms with Gasteiger partial charge < -0.3 is 5.32 Å². The third-order valence-corrected chi connectivity index (χ3v) is 3.76. The summed E-state index contributed by atoms with van der Waals surface area (Å²) < 4.78 is 0. The van der Waals surface area contributed by atoms with Crippen molar-refractivity contribution >= 4 is 0 Å². The molecular weight excluding hydrogens is 160 g/mol. The van der Waals surface area contributed by atoms with Crippen molar-refractivity contribution in [2.24, 2.45) is 17.8 Å². The van der Waals surface area contributed by atoms with Gasteiger partial charge in [-0.05, 0) is 50.5 Å². The number of hydrogen-bond acceptors (Lipinski definition) is 2. The van der Waals surface area contributed by atoms with Crippen LogP contribution in [0.25, 0.3) is 0 Å². The summed E-state index contributed by atoms with van der Waals surface area (Å²) in [4.78, 5) is 0. The Morgan fingerprint density at radius 3 is 2.85 bits per heavy atom. The largest absolute Gasteiger partial charge is 0.302 e. The minimum absolute atomic E-state index is 0.0270. The highest BCUT2D eigenvalue weighted by Crippen LogP contribution is 2.47. The van der Waals surface area contributed by atoms with Crippen LogP contribution in [-0.4, -0.2) is 12.6 Å². The smallest absolute Gasteiger partial charge is 0.0924 e. The van der Waals surface area contributed by atoms with Crippen LogP contribution in [0.1, 0.15) is 32.6 Å². The van der Waals surface area contributed by atoms with Gasteiger partial charge in [0.05, 0.1) is 12.1 Å². The molecule has 2 aliphatic rings. The predicted molar refractivity (Wildman–Crippen MR) is 52.0 cm³/mol. The zero-order valence-corrected chi connectivity index (χ0v) is 8.29. The average Bonchev–Trinajstić information content (AvgIpc) is 2.74. The van der Waals surface area contributed by atoms with Gasteiger partial charge in [-0.3, -0.25) is 0 Å². The minimum Gasteiger partial charge on any atom is -0.302 e. The number of nitriles is 1. The molecule has 4 atom stereocenters. The quantitative estimate of drug-likeness (QED) is 0.716. The predicted octanol–water partition coefficient (Wildman–Crippen LogP) is 1.92. The van der Waals surface area contributed by atoms with Crippen LogP contribution < -0.4 is 5.32 Å². The number of nitrogens with zero attached hydrogens (tertiary/aromatic N) is 1. The van der Waals surface area contributed by atoms with E-state index in [1.807, 2.05) is 6.92 Å². The SMILES string of the molecule is CC(C#N)NCC1CC2CCC1C2. The second kappa shape index (κ2) is 3.67. The first kappa shape index (κ1) is 9.02. The van der Waals surface area contributed by atoms with E-state index in [4.69, 9.17) is 5.26 Å². The molecule has 2 fully saturated rings. The lowest BCUT2D eigenvalue weighted by molar-refractivity contribution is 0.315. The minimum atomic E-state index is 0.0270. The summed E-state index contributed by atoms with van der Waals surface area (Å²) >= 11 is 0. The molecule has 0 spiro atoms. The summed E-state index contributed by atoms with van der Waals surface area (Å²) in [6, 6.07) is 2.25. The molecule has 13 heavy (non-hydrogen) atoms. The van der Waals surface area contributed by atoms with Crippen LogP contribution in [0.2, 0.25) is 0 Å². The molecule has 2 aliphatic carbocycles. The van der Waals surface area contributed by atoms with E-state index in [1.54, 1.807) is 0 Å². The maximum absolute atomic E-state index is 8.63. The van der Waals surface area contributed by atoms with Gasteiger partial charge in [0.25, 0.3) is 0 Å². The average molecular weight is 178 g/mol. The molecule has 2 nitrogen and oxygen atoms in total. The fourth-order valence-electron chi connectivity index (χ4n) is 3.00. The van der Waals surface area contributed by atoms with Crippen molar-refractivity contribution in [3.05, 3.63) is 0 Å². The molecule has 2 rings (SSSR count). The van der Waals surface area contributed by atoms with Gasteiger partial charge in [0.15, 0.2) is 0 Å². The number of rotatable bonds is 3. The molecule has 0 radical (unpaired) electrons. The van der Waals surface area contributed by atoms with Crippen molar-refractivity contribution in [1.82, 2.24) is 5.32 Å². The summed E-state index contributed by atoms with van der Waals surface area (Å²) in [5.74, 6) is 2.87. The van der Waals surface area contributed by atoms with Crippen LogP contribution in [0.5, 0.6) is 0 Å². The number of fused-ring (bicyclic) bond motifs is 2. The van der Waals surface area contributed by atoms with Gasteiger partial charge in [-0.1, -0.05) is 6.42 Å². The fourth-order valence-corrected chi connectivity index (χ4v) is 3.00. The summed E-state index contributed by atoms with van der Waals surface area (Å²) in [5, 5.41) is 11.9. The maximum atomic E-state index is 8.63. The van der Waals surface area contributed by atoms with Crippen LogP contribution in [0.4, 0.5) is 0 Å². The molecule has 2 bridgehead atoms. The van der Waals surface area contributed by atoms with Gasteiger partial charge >= 0.3 is 0 Å². The Morgan fingerprint density at radius 2 is 2.31 bits per heavy atom. The Kier molecular flexibility index (Phi) is 2.55. The van der Waals surface area contributed by atoms with Gasteiger partial charge in [-0.2, -0.15) is 5.26 Å². The molecule has 0 amide bonds. The van der Waals surface area contributed by atoms with Gasteiger partial charge in [0, 0.05) is 0 Å². The van der Waals surface area contributed by atoms with Gasteiger partial charge in [-0.15, -0.1) is 0 Å². The molecule has 72 valence electrons. The lowest BCUT2D eigenvalue weighted by Crippen LogP contribution is -2.32. The molecule has 4 unspecified atom stereocenters. The fraction of sp³-hybridized carbons (Fsp3) is 0.909. The second-order valence-corrected chi connectivity index (χ2v) is 4.69. The van der Waals surface area contributed by atoms with E-state index in [0.717, 1.165) is 24.3 Å². The zero-order chi connectivity index (χ0) is 9.26. The van der Waals surface area contributed by atoms with Crippen LogP contribution in [0.15, 0.2) is 0 Å². The monoisotopic (exact) mass is 178 g/mol. The normalized spacial score (nSPS) is 38.9. The van der Waals surface area contributed by atoms with E-state index in [-0.39, 0.29) is 6.04 Å². The zero-order valence-electron chi connectivity index (χ0n) is 8.29. The van der Waals surface area contributed by atoms with Crippen LogP contribution in [0.3, 0.4) is 0 Å². The lowest BCUT2D eigenvalue weighted by atomic mass is 9.89. The highest BCUT2D eigenvalue weighted by Gasteiger charge is 2.38. The van der Waals surface area contributed by atoms with Gasteiger partial charge in [0.1, 0.15) is 0 Å². The van der Waals surface area contributed by atoms with Crippen LogP contribution in [-0.2, 0) is 0 Å². The molecule has 0 saturated heterocycles. The van der Waals surface area contributed by atoms with Crippen molar-refractivity contribution < 1.29 is 0 Å². The Labute approximate surface area is 80.3 Å². The standard InChI is InChI=1S/C11H18N2/c1-8(6-12)13-7-11-5-9-2-3-10(11)4-9/h8-11,13H,2-5,7H2,1H3. The molecule has 2 heteroatoms. The highest BCUT2D eigenvalue weighted by molar-refractivity contribution is 4.93. The second-order valence-electron chi connectivity index (χ2n) is 4.69. The Bertz CT molecular complexity index is 219. The van der Waals surface area contributed by atoms with E-state index in [9.17, 15) is 0 Å². The van der Waals surface area contributed by atoms with Crippen LogP contribution in [0, 0.1) is 29.1 Å². The number of nitrogens with one attached hydrogen (secondary N) is 1. The van der Waals surface area contributed by atoms with Gasteiger partial charge in [0.2, 0.25) is 0 Å². The van der Waals surface area contributed by atoms with E-state index in [1.165, 1.54) is 25.7 Å². The lowest BCUT2D eigenvalue weighted by Gasteiger charge is -2.22. The van der Waals surface area contributed by atoms with E-state index in [2.05, 4.69) is 11.4 Å². The molecule has 0 aromatic carbocycles. The molecule has 0 heterocycles. The first-order chi connectivity index (χ1) is 6.29. The molecule has 0 aromatic rings. The Morgan fingerprint density at radius 1 is 1.46 bits per heavy atom. The summed E-state index contributed by atoms with van der Waals surface area (Å²) in [7, 11) is 0. The Hall–Kier alpha value is -0.550. The van der Waals surface area contributed by atoms with E-state index < -0.39 is 0 Å². The van der Waals surface area contributed by atoms with Crippen molar-refractivity contribution in [3.63, 3.8) is 0 Å². The molecule has 0 aliphatic heterocycles. The van der Waals surface area contributed by atoms with Crippen LogP contribution >= 0.6 is 0 Å². The number of hydrogen-bond donors (Lipinski definition) is 1. The molecule has 2 saturated carbocycles. The summed E-state index contributed by atoms with van der Waals surface area (Å²) in [5.41, 5.74) is 0. The topological polar surface area (TPSA) is 35.8 Å². The molecular formula is C11H18N2. The van der Waals surface area contributed by atoms with E-state index >= 15 is 0 Å². The van der Waals surface area contributed by atoms with Crippen molar-refractivity contribution in [2.75, 3.05) is 6.54 Å². The molecule has 0 aromatic heterocycles. The van der Waals surface area contributed by atoms with Crippen molar-refractivity contribution in [3.8, 4) is 6.07 Å². The third-order valence-electron chi connectivity index (χ3n) is 3.76. The molecule has 1 N–H and O–H groups in total. The summed E-state index contributed by atoms with van der Waals surface area (Å²) in [6.07, 6.45) is 5.79. The van der Waals surface area contributed by atoms with Gasteiger partial charge in [-0.25, -0.2) is 0 Å².